The zero-order chi connectivity index (χ0) is 7.72. The first-order valence-electron chi connectivity index (χ1n) is 2.68. The minimum Gasteiger partial charge on any atom is -0.396 e. The van der Waals surface area contributed by atoms with Crippen LogP contribution in [0.3, 0.4) is 0 Å². The van der Waals surface area contributed by atoms with E-state index in [0.717, 1.165) is 0 Å². The van der Waals surface area contributed by atoms with Crippen molar-refractivity contribution < 1.29 is 0 Å². The lowest BCUT2D eigenvalue weighted by molar-refractivity contribution is 1.34. The van der Waals surface area contributed by atoms with Gasteiger partial charge in [0.2, 0.25) is 0 Å². The van der Waals surface area contributed by atoms with Crippen molar-refractivity contribution in [3.63, 3.8) is 0 Å². The molecule has 1 heterocycles. The number of nitrogen functional groups attached to an aromatic ring is 4. The predicted molar refractivity (Wildman–Crippen MR) is 49.1 cm³/mol. The van der Waals surface area contributed by atoms with Crippen molar-refractivity contribution in [3.8, 4) is 0 Å². The maximum Gasteiger partial charge on any atom is 0.148 e. The molecular weight excluding hydrogens is 166 g/mol. The number of pyridine rings is 1. The summed E-state index contributed by atoms with van der Waals surface area (Å²) >= 11 is 0. The molecule has 62 valence electrons. The fraction of sp³-hybridized carbons (Fsp3) is 0. The Hall–Kier alpha value is -1.36. The van der Waals surface area contributed by atoms with E-state index in [1.807, 2.05) is 0 Å². The Morgan fingerprint density at radius 1 is 1.00 bits per heavy atom. The number of hydrogen-bond donors (Lipinski definition) is 4. The van der Waals surface area contributed by atoms with Crippen molar-refractivity contribution in [1.82, 2.24) is 4.98 Å². The Kier molecular flexibility index (Phi) is 2.77. The minimum absolute atomic E-state index is 0. The number of hydrogen-bond acceptors (Lipinski definition) is 5. The van der Waals surface area contributed by atoms with Crippen molar-refractivity contribution in [2.75, 3.05) is 22.9 Å². The number of nitrogens with two attached hydrogens (primary N) is 4. The van der Waals surface area contributed by atoms with Crippen molar-refractivity contribution in [2.24, 2.45) is 0 Å². The predicted octanol–water partition coefficient (Wildman–Crippen LogP) is -0.168. The first-order valence-corrected chi connectivity index (χ1v) is 2.68. The molecule has 1 rings (SSSR count). The standard InChI is InChI=1S/C5H9N5.ClH/c6-2-1-10-5(9)4(8)3(2)7;/h1H,6,8H2,(H4,7,9,10);1H. The molecule has 1 aromatic rings. The van der Waals surface area contributed by atoms with Crippen LogP contribution in [0.25, 0.3) is 0 Å². The van der Waals surface area contributed by atoms with E-state index in [2.05, 4.69) is 4.98 Å². The average molecular weight is 176 g/mol. The molecule has 0 radical (unpaired) electrons. The molecule has 0 amide bonds. The quantitative estimate of drug-likeness (QED) is 0.437. The van der Waals surface area contributed by atoms with Crippen LogP contribution in [0.15, 0.2) is 6.20 Å². The highest BCUT2D eigenvalue weighted by molar-refractivity contribution is 5.85. The Morgan fingerprint density at radius 3 is 2.00 bits per heavy atom. The third kappa shape index (κ3) is 1.56. The summed E-state index contributed by atoms with van der Waals surface area (Å²) in [5.74, 6) is 0.215. The van der Waals surface area contributed by atoms with Gasteiger partial charge in [-0.3, -0.25) is 0 Å². The summed E-state index contributed by atoms with van der Waals surface area (Å²) in [6, 6.07) is 0. The molecule has 8 N–H and O–H groups in total. The summed E-state index contributed by atoms with van der Waals surface area (Å²) in [5, 5.41) is 0. The average Bonchev–Trinajstić information content (AvgIpc) is 1.93. The minimum atomic E-state index is 0. The number of rotatable bonds is 0. The summed E-state index contributed by atoms with van der Waals surface area (Å²) in [6.45, 7) is 0. The lowest BCUT2D eigenvalue weighted by Gasteiger charge is -2.04. The Bertz CT molecular complexity index is 234. The molecule has 0 aliphatic heterocycles. The molecule has 6 heteroatoms. The fourth-order valence-corrected chi connectivity index (χ4v) is 0.572. The topological polar surface area (TPSA) is 117 Å². The molecule has 0 spiro atoms. The highest BCUT2D eigenvalue weighted by atomic mass is 35.5. The van der Waals surface area contributed by atoms with Crippen LogP contribution in [0.2, 0.25) is 0 Å². The molecule has 0 fully saturated rings. The molecule has 11 heavy (non-hydrogen) atoms. The maximum absolute atomic E-state index is 5.41. The highest BCUT2D eigenvalue weighted by Gasteiger charge is 2.02. The second-order valence-electron chi connectivity index (χ2n) is 1.93. The second-order valence-corrected chi connectivity index (χ2v) is 1.93. The van der Waals surface area contributed by atoms with Gasteiger partial charge in [0.25, 0.3) is 0 Å². The van der Waals surface area contributed by atoms with E-state index < -0.39 is 0 Å². The van der Waals surface area contributed by atoms with Crippen LogP contribution < -0.4 is 22.9 Å². The molecule has 0 aromatic carbocycles. The van der Waals surface area contributed by atoms with Gasteiger partial charge in [-0.05, 0) is 0 Å². The van der Waals surface area contributed by atoms with Crippen LogP contribution in [-0.2, 0) is 0 Å². The molecule has 0 aliphatic carbocycles. The smallest absolute Gasteiger partial charge is 0.148 e. The van der Waals surface area contributed by atoms with Crippen LogP contribution in [0, 0.1) is 0 Å². The zero-order valence-electron chi connectivity index (χ0n) is 5.74. The van der Waals surface area contributed by atoms with E-state index >= 15 is 0 Å². The van der Waals surface area contributed by atoms with Crippen molar-refractivity contribution in [2.45, 2.75) is 0 Å². The summed E-state index contributed by atoms with van der Waals surface area (Å²) in [5.41, 5.74) is 22.4. The molecule has 5 nitrogen and oxygen atoms in total. The van der Waals surface area contributed by atoms with Gasteiger partial charge in [0.15, 0.2) is 0 Å². The first kappa shape index (κ1) is 9.64. The van der Waals surface area contributed by atoms with Gasteiger partial charge in [-0.25, -0.2) is 4.98 Å². The van der Waals surface area contributed by atoms with E-state index in [1.165, 1.54) is 6.20 Å². The van der Waals surface area contributed by atoms with E-state index in [4.69, 9.17) is 22.9 Å². The normalized spacial score (nSPS) is 8.73. The third-order valence-electron chi connectivity index (χ3n) is 1.22. The molecule has 0 bridgehead atoms. The van der Waals surface area contributed by atoms with Gasteiger partial charge in [0.05, 0.1) is 23.3 Å². The number of anilines is 4. The largest absolute Gasteiger partial charge is 0.396 e. The van der Waals surface area contributed by atoms with Gasteiger partial charge < -0.3 is 22.9 Å². The second kappa shape index (κ2) is 3.16. The van der Waals surface area contributed by atoms with Crippen molar-refractivity contribution in [1.29, 1.82) is 0 Å². The molecular formula is C5H10ClN5. The zero-order valence-corrected chi connectivity index (χ0v) is 6.56. The van der Waals surface area contributed by atoms with Gasteiger partial charge in [-0.2, -0.15) is 0 Å². The van der Waals surface area contributed by atoms with E-state index in [1.54, 1.807) is 0 Å². The molecule has 0 saturated carbocycles. The van der Waals surface area contributed by atoms with Crippen molar-refractivity contribution >= 4 is 35.3 Å². The molecule has 0 aliphatic rings. The van der Waals surface area contributed by atoms with Gasteiger partial charge in [0, 0.05) is 0 Å². The Labute approximate surface area is 70.2 Å². The van der Waals surface area contributed by atoms with E-state index in [0.29, 0.717) is 11.4 Å². The van der Waals surface area contributed by atoms with Gasteiger partial charge in [0.1, 0.15) is 5.82 Å². The lowest BCUT2D eigenvalue weighted by atomic mass is 10.3. The van der Waals surface area contributed by atoms with E-state index in [9.17, 15) is 0 Å². The summed E-state index contributed by atoms with van der Waals surface area (Å²) in [4.78, 5) is 3.69. The van der Waals surface area contributed by atoms with Crippen molar-refractivity contribution in [3.05, 3.63) is 6.20 Å². The summed E-state index contributed by atoms with van der Waals surface area (Å²) in [7, 11) is 0. The van der Waals surface area contributed by atoms with Gasteiger partial charge in [-0.1, -0.05) is 0 Å². The number of aromatic nitrogens is 1. The van der Waals surface area contributed by atoms with Gasteiger partial charge >= 0.3 is 0 Å². The number of nitrogens with zero attached hydrogens (tertiary/aromatic N) is 1. The monoisotopic (exact) mass is 175 g/mol. The lowest BCUT2D eigenvalue weighted by Crippen LogP contribution is -2.05. The third-order valence-corrected chi connectivity index (χ3v) is 1.22. The fourth-order valence-electron chi connectivity index (χ4n) is 0.572. The molecule has 1 aromatic heterocycles. The molecule has 0 unspecified atom stereocenters. The summed E-state index contributed by atoms with van der Waals surface area (Å²) in [6.07, 6.45) is 1.38. The highest BCUT2D eigenvalue weighted by Crippen LogP contribution is 2.24. The van der Waals surface area contributed by atoms with Crippen LogP contribution in [-0.4, -0.2) is 4.98 Å². The van der Waals surface area contributed by atoms with Crippen LogP contribution in [0.1, 0.15) is 0 Å². The molecule has 0 atom stereocenters. The first-order chi connectivity index (χ1) is 4.63. The van der Waals surface area contributed by atoms with E-state index in [-0.39, 0.29) is 23.9 Å². The van der Waals surface area contributed by atoms with Gasteiger partial charge in [-0.15, -0.1) is 12.4 Å². The Morgan fingerprint density at radius 2 is 1.55 bits per heavy atom. The Balaban J connectivity index is 0.000001000. The van der Waals surface area contributed by atoms with Crippen LogP contribution in [0.5, 0.6) is 0 Å². The maximum atomic E-state index is 5.41. The number of halogens is 1. The summed E-state index contributed by atoms with van der Waals surface area (Å²) < 4.78 is 0. The SMILES string of the molecule is Cl.Nc1cnc(N)c(N)c1N. The molecule has 0 saturated heterocycles. The van der Waals surface area contributed by atoms with Crippen LogP contribution >= 0.6 is 12.4 Å². The van der Waals surface area contributed by atoms with Crippen LogP contribution in [0.4, 0.5) is 22.9 Å².